The second-order valence-corrected chi connectivity index (χ2v) is 5.30. The summed E-state index contributed by atoms with van der Waals surface area (Å²) in [6.07, 6.45) is -16.5. The van der Waals surface area contributed by atoms with Gasteiger partial charge >= 0.3 is 18.0 Å². The monoisotopic (exact) mass is 465 g/mol. The number of carbonyl (C=O) groups is 1. The zero-order valence-corrected chi connectivity index (χ0v) is 12.7. The van der Waals surface area contributed by atoms with Crippen molar-refractivity contribution >= 4 is 34.7 Å². The number of alkyl halides is 9. The summed E-state index contributed by atoms with van der Waals surface area (Å²) in [4.78, 5) is 10.3. The Morgan fingerprint density at radius 2 is 1.48 bits per heavy atom. The molecule has 0 bridgehead atoms. The van der Waals surface area contributed by atoms with Crippen molar-refractivity contribution in [1.82, 2.24) is 0 Å². The van der Waals surface area contributed by atoms with Crippen LogP contribution in [-0.4, -0.2) is 18.8 Å². The second kappa shape index (κ2) is 6.36. The summed E-state index contributed by atoms with van der Waals surface area (Å²) in [5.74, 6) is 0. The van der Waals surface area contributed by atoms with Crippen molar-refractivity contribution in [2.75, 3.05) is 5.32 Å². The molecule has 0 spiro atoms. The molecule has 0 saturated carbocycles. The lowest BCUT2D eigenvalue weighted by Gasteiger charge is -2.31. The number of carbonyl (C=O) groups excluding carboxylic acids is 1. The van der Waals surface area contributed by atoms with E-state index in [1.807, 2.05) is 0 Å². The molecule has 130 valence electrons. The minimum Gasteiger partial charge on any atom is -0.327 e. The molecule has 2 nitrogen and oxygen atoms in total. The third-order valence-electron chi connectivity index (χ3n) is 2.74. The highest BCUT2D eigenvalue weighted by atomic mass is 127. The molecule has 1 amide bonds. The predicted molar refractivity (Wildman–Crippen MR) is 68.7 cm³/mol. The highest BCUT2D eigenvalue weighted by molar-refractivity contribution is 14.1. The number of benzene rings is 1. The fraction of sp³-hybridized carbons (Fsp3) is 0.364. The van der Waals surface area contributed by atoms with E-state index in [2.05, 4.69) is 0 Å². The molecule has 0 unspecified atom stereocenters. The number of rotatable bonds is 4. The van der Waals surface area contributed by atoms with Gasteiger partial charge in [0.15, 0.2) is 0 Å². The van der Waals surface area contributed by atoms with E-state index in [1.54, 1.807) is 5.32 Å². The Morgan fingerprint density at radius 3 is 1.83 bits per heavy atom. The smallest absolute Gasteiger partial charge is 0.327 e. The topological polar surface area (TPSA) is 29.1 Å². The van der Waals surface area contributed by atoms with Crippen LogP contribution in [0.3, 0.4) is 0 Å². The van der Waals surface area contributed by atoms with Crippen molar-refractivity contribution in [1.29, 1.82) is 0 Å². The molecule has 0 fully saturated rings. The Hall–Kier alpha value is -1.21. The van der Waals surface area contributed by atoms with E-state index in [-0.39, 0.29) is 18.5 Å². The first-order chi connectivity index (χ1) is 10.3. The molecule has 1 rings (SSSR count). The van der Waals surface area contributed by atoms with E-state index in [0.29, 0.717) is 0 Å². The summed E-state index contributed by atoms with van der Waals surface area (Å²) in [6.45, 7) is 0. The molecule has 0 saturated heterocycles. The molecule has 0 heterocycles. The Bertz CT molecular complexity index is 582. The molecule has 0 aliphatic carbocycles. The van der Waals surface area contributed by atoms with Gasteiger partial charge in [-0.25, -0.2) is 13.2 Å². The van der Waals surface area contributed by atoms with Crippen molar-refractivity contribution < 1.29 is 44.3 Å². The maximum absolute atomic E-state index is 13.9. The van der Waals surface area contributed by atoms with E-state index in [0.717, 1.165) is 22.6 Å². The summed E-state index contributed by atoms with van der Waals surface area (Å²) in [5.41, 5.74) is -9.95. The van der Waals surface area contributed by atoms with Crippen molar-refractivity contribution in [3.63, 3.8) is 0 Å². The fourth-order valence-corrected chi connectivity index (χ4v) is 2.50. The minimum atomic E-state index is -6.42. The van der Waals surface area contributed by atoms with E-state index in [9.17, 15) is 44.3 Å². The van der Waals surface area contributed by atoms with Crippen LogP contribution in [0.2, 0.25) is 0 Å². The second-order valence-electron chi connectivity index (χ2n) is 4.14. The zero-order valence-electron chi connectivity index (χ0n) is 10.5. The quantitative estimate of drug-likeness (QED) is 0.375. The first kappa shape index (κ1) is 19.8. The molecule has 12 heteroatoms. The average molecular weight is 465 g/mol. The third-order valence-corrected chi connectivity index (χ3v) is 3.59. The predicted octanol–water partition coefficient (Wildman–Crippen LogP) is 5.09. The van der Waals surface area contributed by atoms with Crippen LogP contribution in [0.15, 0.2) is 12.1 Å². The van der Waals surface area contributed by atoms with E-state index < -0.39 is 44.8 Å². The van der Waals surface area contributed by atoms with Crippen LogP contribution in [0.4, 0.5) is 45.2 Å². The maximum Gasteiger partial charge on any atom is 0.435 e. The average Bonchev–Trinajstić information content (AvgIpc) is 2.37. The number of amides is 1. The van der Waals surface area contributed by atoms with Gasteiger partial charge in [0.2, 0.25) is 6.41 Å². The van der Waals surface area contributed by atoms with Crippen LogP contribution < -0.4 is 5.32 Å². The Morgan fingerprint density at radius 1 is 1.00 bits per heavy atom. The lowest BCUT2D eigenvalue weighted by Crippen LogP contribution is -2.50. The molecule has 23 heavy (non-hydrogen) atoms. The number of nitrogens with one attached hydrogen (secondary N) is 1. The van der Waals surface area contributed by atoms with E-state index in [1.165, 1.54) is 0 Å². The van der Waals surface area contributed by atoms with Crippen LogP contribution in [0.25, 0.3) is 0 Å². The fourth-order valence-electron chi connectivity index (χ4n) is 1.70. The van der Waals surface area contributed by atoms with Crippen molar-refractivity contribution in [2.24, 2.45) is 0 Å². The van der Waals surface area contributed by atoms with Crippen LogP contribution in [0.1, 0.15) is 17.6 Å². The SMILES string of the molecule is O=CNc1c(I)cc(C(F)(C(F)(F)F)C(F)(F)F)cc1C(F)F. The largest absolute Gasteiger partial charge is 0.435 e. The Kier molecular flexibility index (Phi) is 5.48. The summed E-state index contributed by atoms with van der Waals surface area (Å²) < 4.78 is 115. The number of hydrogen-bond donors (Lipinski definition) is 1. The van der Waals surface area contributed by atoms with Crippen LogP contribution >= 0.6 is 22.6 Å². The lowest BCUT2D eigenvalue weighted by molar-refractivity contribution is -0.348. The van der Waals surface area contributed by atoms with Crippen molar-refractivity contribution in [2.45, 2.75) is 24.4 Å². The highest BCUT2D eigenvalue weighted by Gasteiger charge is 2.73. The van der Waals surface area contributed by atoms with Gasteiger partial charge in [0, 0.05) is 14.7 Å². The summed E-state index contributed by atoms with van der Waals surface area (Å²) in [6, 6.07) is -0.168. The van der Waals surface area contributed by atoms with Gasteiger partial charge in [0.05, 0.1) is 5.69 Å². The van der Waals surface area contributed by atoms with Crippen LogP contribution in [-0.2, 0) is 10.5 Å². The standard InChI is InChI=1S/C11H5F9INO/c12-8(13)5-1-4(2-6(21)7(5)22-3-23)9(14,10(15,16)17)11(18,19)20/h1-3,8H,(H,22,23). The van der Waals surface area contributed by atoms with Gasteiger partial charge in [-0.2, -0.15) is 26.3 Å². The van der Waals surface area contributed by atoms with Gasteiger partial charge in [-0.1, -0.05) is 0 Å². The summed E-state index contributed by atoms with van der Waals surface area (Å²) in [5, 5.41) is 1.73. The zero-order chi connectivity index (χ0) is 18.2. The first-order valence-electron chi connectivity index (χ1n) is 5.42. The Labute approximate surface area is 136 Å². The molecule has 0 radical (unpaired) electrons. The molecule has 1 aromatic carbocycles. The molecule has 0 aliphatic heterocycles. The van der Waals surface area contributed by atoms with Gasteiger partial charge in [0.1, 0.15) is 0 Å². The normalized spacial score (nSPS) is 13.3. The molecule has 0 aromatic heterocycles. The molecular formula is C11H5F9INO. The summed E-state index contributed by atoms with van der Waals surface area (Å²) >= 11 is 1.11. The van der Waals surface area contributed by atoms with Gasteiger partial charge in [0.25, 0.3) is 6.43 Å². The molecular weight excluding hydrogens is 460 g/mol. The van der Waals surface area contributed by atoms with Crippen LogP contribution in [0, 0.1) is 3.57 Å². The highest BCUT2D eigenvalue weighted by Crippen LogP contribution is 2.54. The summed E-state index contributed by atoms with van der Waals surface area (Å²) in [7, 11) is 0. The number of anilines is 1. The molecule has 0 atom stereocenters. The molecule has 1 N–H and O–H groups in total. The third kappa shape index (κ3) is 3.50. The van der Waals surface area contributed by atoms with Crippen molar-refractivity contribution in [3.05, 3.63) is 26.8 Å². The number of halogens is 10. The number of hydrogen-bond acceptors (Lipinski definition) is 1. The lowest BCUT2D eigenvalue weighted by atomic mass is 9.92. The minimum absolute atomic E-state index is 0.0965. The van der Waals surface area contributed by atoms with Crippen LogP contribution in [0.5, 0.6) is 0 Å². The maximum atomic E-state index is 13.9. The van der Waals surface area contributed by atoms with Gasteiger partial charge in [-0.3, -0.25) is 4.79 Å². The molecule has 1 aromatic rings. The Balaban J connectivity index is 3.74. The molecule has 0 aliphatic rings. The van der Waals surface area contributed by atoms with Gasteiger partial charge in [-0.15, -0.1) is 0 Å². The van der Waals surface area contributed by atoms with E-state index >= 15 is 0 Å². The first-order valence-corrected chi connectivity index (χ1v) is 6.49. The van der Waals surface area contributed by atoms with E-state index in [4.69, 9.17) is 0 Å². The van der Waals surface area contributed by atoms with Crippen molar-refractivity contribution in [3.8, 4) is 0 Å². The van der Waals surface area contributed by atoms with Gasteiger partial charge < -0.3 is 5.32 Å². The van der Waals surface area contributed by atoms with Gasteiger partial charge in [-0.05, 0) is 34.7 Å².